The molecule has 1 unspecified atom stereocenters. The van der Waals surface area contributed by atoms with Crippen LogP contribution in [0.15, 0.2) is 18.2 Å². The standard InChI is InChI=1S/C14H18F2N2O2/c15-12-4-3-10(8-13(12)16)5-6-17-14(20)18-7-1-2-11(19)9-18/h3-4,8,11,19H,1-2,5-7,9H2,(H,17,20). The molecule has 6 heteroatoms. The third-order valence-corrected chi connectivity index (χ3v) is 3.36. The molecule has 110 valence electrons. The van der Waals surface area contributed by atoms with Crippen LogP contribution in [-0.4, -0.2) is 41.8 Å². The number of piperidine rings is 1. The minimum absolute atomic E-state index is 0.230. The lowest BCUT2D eigenvalue weighted by Gasteiger charge is -2.30. The molecule has 1 atom stereocenters. The molecular weight excluding hydrogens is 266 g/mol. The van der Waals surface area contributed by atoms with Crippen molar-refractivity contribution in [2.24, 2.45) is 0 Å². The highest BCUT2D eigenvalue weighted by molar-refractivity contribution is 5.74. The Hall–Kier alpha value is -1.69. The van der Waals surface area contributed by atoms with E-state index in [9.17, 15) is 18.7 Å². The van der Waals surface area contributed by atoms with E-state index >= 15 is 0 Å². The summed E-state index contributed by atoms with van der Waals surface area (Å²) in [6, 6.07) is 3.47. The molecule has 1 fully saturated rings. The van der Waals surface area contributed by atoms with E-state index in [2.05, 4.69) is 5.32 Å². The second kappa shape index (κ2) is 6.65. The number of nitrogens with zero attached hydrogens (tertiary/aromatic N) is 1. The lowest BCUT2D eigenvalue weighted by atomic mass is 10.1. The Morgan fingerprint density at radius 2 is 2.20 bits per heavy atom. The molecule has 1 aliphatic rings. The molecule has 1 aliphatic heterocycles. The zero-order valence-electron chi connectivity index (χ0n) is 11.1. The van der Waals surface area contributed by atoms with Crippen LogP contribution < -0.4 is 5.32 Å². The number of likely N-dealkylation sites (tertiary alicyclic amines) is 1. The Kier molecular flexibility index (Phi) is 4.89. The number of halogens is 2. The predicted octanol–water partition coefficient (Wildman–Crippen LogP) is 1.67. The summed E-state index contributed by atoms with van der Waals surface area (Å²) in [4.78, 5) is 13.4. The third-order valence-electron chi connectivity index (χ3n) is 3.36. The predicted molar refractivity (Wildman–Crippen MR) is 70.3 cm³/mol. The monoisotopic (exact) mass is 284 g/mol. The van der Waals surface area contributed by atoms with Crippen LogP contribution in [0.2, 0.25) is 0 Å². The van der Waals surface area contributed by atoms with Crippen molar-refractivity contribution in [3.05, 3.63) is 35.4 Å². The number of rotatable bonds is 3. The third kappa shape index (κ3) is 3.90. The summed E-state index contributed by atoms with van der Waals surface area (Å²) in [6.45, 7) is 1.32. The maximum absolute atomic E-state index is 13.0. The number of urea groups is 1. The fourth-order valence-corrected chi connectivity index (χ4v) is 2.26. The first-order valence-corrected chi connectivity index (χ1v) is 6.71. The van der Waals surface area contributed by atoms with Gasteiger partial charge in [0.15, 0.2) is 11.6 Å². The van der Waals surface area contributed by atoms with Gasteiger partial charge in [0.25, 0.3) is 0 Å². The summed E-state index contributed by atoms with van der Waals surface area (Å²) in [6.07, 6.45) is 1.48. The molecule has 2 rings (SSSR count). The van der Waals surface area contributed by atoms with Crippen molar-refractivity contribution < 1.29 is 18.7 Å². The van der Waals surface area contributed by atoms with E-state index < -0.39 is 17.7 Å². The molecule has 0 aliphatic carbocycles. The second-order valence-electron chi connectivity index (χ2n) is 4.97. The fourth-order valence-electron chi connectivity index (χ4n) is 2.26. The van der Waals surface area contributed by atoms with E-state index in [1.165, 1.54) is 6.07 Å². The molecule has 0 saturated carbocycles. The van der Waals surface area contributed by atoms with Crippen molar-refractivity contribution in [3.8, 4) is 0 Å². The molecule has 0 bridgehead atoms. The van der Waals surface area contributed by atoms with Crippen LogP contribution in [-0.2, 0) is 6.42 Å². The largest absolute Gasteiger partial charge is 0.391 e. The number of aliphatic hydroxyl groups is 1. The lowest BCUT2D eigenvalue weighted by molar-refractivity contribution is 0.0843. The molecule has 4 nitrogen and oxygen atoms in total. The average Bonchev–Trinajstić information content (AvgIpc) is 2.42. The van der Waals surface area contributed by atoms with Crippen molar-refractivity contribution in [2.75, 3.05) is 19.6 Å². The molecule has 0 aromatic heterocycles. The number of hydrogen-bond acceptors (Lipinski definition) is 2. The first kappa shape index (κ1) is 14.7. The Labute approximate surface area is 116 Å². The SMILES string of the molecule is O=C(NCCc1ccc(F)c(F)c1)N1CCCC(O)C1. The first-order chi connectivity index (χ1) is 9.56. The molecule has 1 heterocycles. The number of hydrogen-bond donors (Lipinski definition) is 2. The number of carbonyl (C=O) groups is 1. The van der Waals surface area contributed by atoms with Crippen LogP contribution in [0, 0.1) is 11.6 Å². The summed E-state index contributed by atoms with van der Waals surface area (Å²) in [5.41, 5.74) is 0.628. The number of carbonyl (C=O) groups excluding carboxylic acids is 1. The van der Waals surface area contributed by atoms with Gasteiger partial charge in [-0.2, -0.15) is 0 Å². The van der Waals surface area contributed by atoms with Gasteiger partial charge < -0.3 is 15.3 Å². The number of β-amino-alcohol motifs (C(OH)–C–C–N with tert-alkyl or cyclic N) is 1. The van der Waals surface area contributed by atoms with Crippen LogP contribution >= 0.6 is 0 Å². The van der Waals surface area contributed by atoms with Crippen LogP contribution in [0.3, 0.4) is 0 Å². The van der Waals surface area contributed by atoms with Gasteiger partial charge in [0.1, 0.15) is 0 Å². The smallest absolute Gasteiger partial charge is 0.317 e. The van der Waals surface area contributed by atoms with Gasteiger partial charge in [-0.3, -0.25) is 0 Å². The topological polar surface area (TPSA) is 52.6 Å². The van der Waals surface area contributed by atoms with Crippen molar-refractivity contribution >= 4 is 6.03 Å². The molecule has 1 aromatic carbocycles. The molecule has 2 amide bonds. The summed E-state index contributed by atoms with van der Waals surface area (Å²) in [5, 5.41) is 12.2. The summed E-state index contributed by atoms with van der Waals surface area (Å²) in [5.74, 6) is -1.76. The Balaban J connectivity index is 1.77. The van der Waals surface area contributed by atoms with E-state index in [0.29, 0.717) is 31.6 Å². The van der Waals surface area contributed by atoms with Crippen LogP contribution in [0.25, 0.3) is 0 Å². The number of benzene rings is 1. The van der Waals surface area contributed by atoms with Gasteiger partial charge in [-0.15, -0.1) is 0 Å². The Bertz CT molecular complexity index is 482. The Morgan fingerprint density at radius 3 is 2.90 bits per heavy atom. The van der Waals surface area contributed by atoms with Crippen molar-refractivity contribution in [1.82, 2.24) is 10.2 Å². The van der Waals surface area contributed by atoms with E-state index in [0.717, 1.165) is 25.0 Å². The van der Waals surface area contributed by atoms with Crippen molar-refractivity contribution in [2.45, 2.75) is 25.4 Å². The summed E-state index contributed by atoms with van der Waals surface area (Å²) in [7, 11) is 0. The highest BCUT2D eigenvalue weighted by Crippen LogP contribution is 2.10. The van der Waals surface area contributed by atoms with E-state index in [1.807, 2.05) is 0 Å². The molecular formula is C14H18F2N2O2. The minimum Gasteiger partial charge on any atom is -0.391 e. The van der Waals surface area contributed by atoms with Crippen LogP contribution in [0.5, 0.6) is 0 Å². The van der Waals surface area contributed by atoms with Gasteiger partial charge in [-0.1, -0.05) is 6.07 Å². The molecule has 0 spiro atoms. The van der Waals surface area contributed by atoms with Crippen molar-refractivity contribution in [1.29, 1.82) is 0 Å². The normalized spacial score (nSPS) is 18.9. The number of aliphatic hydroxyl groups excluding tert-OH is 1. The Morgan fingerprint density at radius 1 is 1.40 bits per heavy atom. The van der Waals surface area contributed by atoms with Crippen molar-refractivity contribution in [3.63, 3.8) is 0 Å². The van der Waals surface area contributed by atoms with Crippen LogP contribution in [0.4, 0.5) is 13.6 Å². The van der Waals surface area contributed by atoms with Gasteiger partial charge in [0.2, 0.25) is 0 Å². The molecule has 1 aromatic rings. The second-order valence-corrected chi connectivity index (χ2v) is 4.97. The maximum atomic E-state index is 13.0. The van der Waals surface area contributed by atoms with E-state index in [1.54, 1.807) is 4.90 Å². The van der Waals surface area contributed by atoms with Crippen LogP contribution in [0.1, 0.15) is 18.4 Å². The molecule has 1 saturated heterocycles. The molecule has 2 N–H and O–H groups in total. The van der Waals surface area contributed by atoms with Gasteiger partial charge in [-0.25, -0.2) is 13.6 Å². The molecule has 20 heavy (non-hydrogen) atoms. The highest BCUT2D eigenvalue weighted by atomic mass is 19.2. The number of nitrogens with one attached hydrogen (secondary N) is 1. The summed E-state index contributed by atoms with van der Waals surface area (Å²) < 4.78 is 25.8. The maximum Gasteiger partial charge on any atom is 0.317 e. The fraction of sp³-hybridized carbons (Fsp3) is 0.500. The molecule has 0 radical (unpaired) electrons. The van der Waals surface area contributed by atoms with Gasteiger partial charge in [0, 0.05) is 19.6 Å². The zero-order valence-corrected chi connectivity index (χ0v) is 11.1. The lowest BCUT2D eigenvalue weighted by Crippen LogP contribution is -2.47. The summed E-state index contributed by atoms with van der Waals surface area (Å²) >= 11 is 0. The van der Waals surface area contributed by atoms with Gasteiger partial charge in [0.05, 0.1) is 6.10 Å². The van der Waals surface area contributed by atoms with E-state index in [4.69, 9.17) is 0 Å². The zero-order chi connectivity index (χ0) is 14.5. The number of amides is 2. The minimum atomic E-state index is -0.882. The first-order valence-electron chi connectivity index (χ1n) is 6.71. The van der Waals surface area contributed by atoms with Gasteiger partial charge in [-0.05, 0) is 37.0 Å². The quantitative estimate of drug-likeness (QED) is 0.887. The average molecular weight is 284 g/mol. The highest BCUT2D eigenvalue weighted by Gasteiger charge is 2.21. The van der Waals surface area contributed by atoms with E-state index in [-0.39, 0.29) is 6.03 Å². The van der Waals surface area contributed by atoms with Gasteiger partial charge >= 0.3 is 6.03 Å².